The van der Waals surface area contributed by atoms with E-state index in [-0.39, 0.29) is 23.1 Å². The molecule has 7 heteroatoms. The van der Waals surface area contributed by atoms with Gasteiger partial charge in [0, 0.05) is 19.6 Å². The van der Waals surface area contributed by atoms with Crippen LogP contribution in [0.15, 0.2) is 59.5 Å². The molecule has 1 atom stereocenters. The zero-order chi connectivity index (χ0) is 15.6. The summed E-state index contributed by atoms with van der Waals surface area (Å²) in [5.41, 5.74) is 0.659. The Kier molecular flexibility index (Phi) is 5.75. The van der Waals surface area contributed by atoms with E-state index in [1.807, 2.05) is 0 Å². The molecule has 1 saturated heterocycles. The lowest BCUT2D eigenvalue weighted by Gasteiger charge is -2.35. The molecule has 1 N–H and O–H groups in total. The molecule has 2 aromatic carbocycles. The summed E-state index contributed by atoms with van der Waals surface area (Å²) in [5, 5.41) is 3.18. The molecule has 1 fully saturated rings. The average Bonchev–Trinajstić information content (AvgIpc) is 2.56. The zero-order valence-corrected chi connectivity index (χ0v) is 14.0. The first-order chi connectivity index (χ1) is 10.6. The van der Waals surface area contributed by atoms with Gasteiger partial charge >= 0.3 is 0 Å². The van der Waals surface area contributed by atoms with Crippen LogP contribution in [0, 0.1) is 5.82 Å². The summed E-state index contributed by atoms with van der Waals surface area (Å²) < 4.78 is 40.7. The molecule has 2 aromatic rings. The second kappa shape index (κ2) is 7.40. The van der Waals surface area contributed by atoms with Crippen LogP contribution in [0.3, 0.4) is 0 Å². The third-order valence-electron chi connectivity index (χ3n) is 3.78. The molecule has 3 rings (SSSR count). The highest BCUT2D eigenvalue weighted by Crippen LogP contribution is 2.29. The maximum Gasteiger partial charge on any atom is 0.243 e. The van der Waals surface area contributed by atoms with Crippen molar-refractivity contribution in [2.24, 2.45) is 0 Å². The van der Waals surface area contributed by atoms with Gasteiger partial charge in [0.15, 0.2) is 0 Å². The fraction of sp³-hybridized carbons (Fsp3) is 0.250. The van der Waals surface area contributed by atoms with Crippen LogP contribution in [0.2, 0.25) is 0 Å². The molecule has 0 amide bonds. The number of rotatable bonds is 3. The third kappa shape index (κ3) is 3.72. The molecule has 0 spiro atoms. The quantitative estimate of drug-likeness (QED) is 0.919. The first-order valence-corrected chi connectivity index (χ1v) is 8.56. The summed E-state index contributed by atoms with van der Waals surface area (Å²) in [6, 6.07) is 14.1. The minimum absolute atomic E-state index is 0. The standard InChI is InChI=1S/C16H17FN2O2S.ClH/c17-14-6-4-5-13(11-14)16-12-18-9-10-19(16)22(20,21)15-7-2-1-3-8-15;/h1-8,11,16,18H,9-10,12H2;1H. The van der Waals surface area contributed by atoms with Gasteiger partial charge in [0.1, 0.15) is 5.82 Å². The highest BCUT2D eigenvalue weighted by Gasteiger charge is 2.34. The second-order valence-electron chi connectivity index (χ2n) is 5.20. The largest absolute Gasteiger partial charge is 0.313 e. The second-order valence-corrected chi connectivity index (χ2v) is 7.09. The smallest absolute Gasteiger partial charge is 0.243 e. The van der Waals surface area contributed by atoms with Crippen molar-refractivity contribution in [2.75, 3.05) is 19.6 Å². The van der Waals surface area contributed by atoms with Gasteiger partial charge in [0.2, 0.25) is 10.0 Å². The summed E-state index contributed by atoms with van der Waals surface area (Å²) in [7, 11) is -3.60. The maximum absolute atomic E-state index is 13.5. The Morgan fingerprint density at radius 2 is 1.83 bits per heavy atom. The van der Waals surface area contributed by atoms with Crippen LogP contribution in [-0.4, -0.2) is 32.4 Å². The number of sulfonamides is 1. The van der Waals surface area contributed by atoms with Crippen LogP contribution in [0.25, 0.3) is 0 Å². The van der Waals surface area contributed by atoms with Gasteiger partial charge in [-0.2, -0.15) is 4.31 Å². The van der Waals surface area contributed by atoms with Crippen LogP contribution in [0.4, 0.5) is 4.39 Å². The lowest BCUT2D eigenvalue weighted by atomic mass is 10.1. The van der Waals surface area contributed by atoms with Crippen molar-refractivity contribution < 1.29 is 12.8 Å². The van der Waals surface area contributed by atoms with Crippen LogP contribution in [0.5, 0.6) is 0 Å². The number of hydrogen-bond donors (Lipinski definition) is 1. The fourth-order valence-electron chi connectivity index (χ4n) is 2.70. The van der Waals surface area contributed by atoms with Gasteiger partial charge in [-0.05, 0) is 29.8 Å². The predicted molar refractivity (Wildman–Crippen MR) is 89.6 cm³/mol. The van der Waals surface area contributed by atoms with E-state index in [2.05, 4.69) is 5.32 Å². The zero-order valence-electron chi connectivity index (χ0n) is 12.4. The molecule has 0 aromatic heterocycles. The number of halogens is 2. The molecule has 1 heterocycles. The van der Waals surface area contributed by atoms with E-state index < -0.39 is 16.1 Å². The van der Waals surface area contributed by atoms with Crippen molar-refractivity contribution in [2.45, 2.75) is 10.9 Å². The summed E-state index contributed by atoms with van der Waals surface area (Å²) in [6.07, 6.45) is 0. The first kappa shape index (κ1) is 17.9. The van der Waals surface area contributed by atoms with Gasteiger partial charge in [-0.3, -0.25) is 0 Å². The van der Waals surface area contributed by atoms with Gasteiger partial charge < -0.3 is 5.32 Å². The van der Waals surface area contributed by atoms with E-state index in [1.165, 1.54) is 16.4 Å². The fourth-order valence-corrected chi connectivity index (χ4v) is 4.33. The number of benzene rings is 2. The Labute approximate surface area is 141 Å². The lowest BCUT2D eigenvalue weighted by Crippen LogP contribution is -2.48. The Hall–Kier alpha value is -1.47. The van der Waals surface area contributed by atoms with E-state index in [9.17, 15) is 12.8 Å². The van der Waals surface area contributed by atoms with Crippen molar-refractivity contribution in [3.63, 3.8) is 0 Å². The number of hydrogen-bond acceptors (Lipinski definition) is 3. The van der Waals surface area contributed by atoms with Crippen molar-refractivity contribution >= 4 is 22.4 Å². The molecule has 0 radical (unpaired) electrons. The molecule has 124 valence electrons. The normalized spacial score (nSPS) is 19.1. The summed E-state index contributed by atoms with van der Waals surface area (Å²) in [5.74, 6) is -0.361. The lowest BCUT2D eigenvalue weighted by molar-refractivity contribution is 0.271. The molecular weight excluding hydrogens is 339 g/mol. The van der Waals surface area contributed by atoms with E-state index in [1.54, 1.807) is 42.5 Å². The van der Waals surface area contributed by atoms with Gasteiger partial charge in [-0.25, -0.2) is 12.8 Å². The Bertz CT molecular complexity index is 756. The maximum atomic E-state index is 13.5. The highest BCUT2D eigenvalue weighted by molar-refractivity contribution is 7.89. The van der Waals surface area contributed by atoms with Crippen LogP contribution in [-0.2, 0) is 10.0 Å². The highest BCUT2D eigenvalue weighted by atomic mass is 35.5. The number of nitrogens with one attached hydrogen (secondary N) is 1. The Morgan fingerprint density at radius 1 is 1.09 bits per heavy atom. The predicted octanol–water partition coefficient (Wildman–Crippen LogP) is 2.58. The molecule has 23 heavy (non-hydrogen) atoms. The van der Waals surface area contributed by atoms with Crippen molar-refractivity contribution in [3.05, 3.63) is 66.0 Å². The van der Waals surface area contributed by atoms with Crippen LogP contribution >= 0.6 is 12.4 Å². The van der Waals surface area contributed by atoms with Gasteiger partial charge in [0.25, 0.3) is 0 Å². The minimum atomic E-state index is -3.60. The van der Waals surface area contributed by atoms with Crippen LogP contribution < -0.4 is 5.32 Å². The molecule has 1 unspecified atom stereocenters. The molecule has 1 aliphatic heterocycles. The topological polar surface area (TPSA) is 49.4 Å². The van der Waals surface area contributed by atoms with Gasteiger partial charge in [-0.1, -0.05) is 30.3 Å². The summed E-state index contributed by atoms with van der Waals surface area (Å²) in [6.45, 7) is 1.41. The number of piperazine rings is 1. The third-order valence-corrected chi connectivity index (χ3v) is 5.70. The summed E-state index contributed by atoms with van der Waals surface area (Å²) >= 11 is 0. The average molecular weight is 357 g/mol. The van der Waals surface area contributed by atoms with Crippen molar-refractivity contribution in [3.8, 4) is 0 Å². The molecule has 0 aliphatic carbocycles. The SMILES string of the molecule is Cl.O=S(=O)(c1ccccc1)N1CCNCC1c1cccc(F)c1. The molecule has 1 aliphatic rings. The van der Waals surface area contributed by atoms with E-state index in [0.717, 1.165) is 0 Å². The van der Waals surface area contributed by atoms with Crippen molar-refractivity contribution in [1.29, 1.82) is 0 Å². The molecule has 4 nitrogen and oxygen atoms in total. The van der Waals surface area contributed by atoms with E-state index in [0.29, 0.717) is 25.2 Å². The Balaban J connectivity index is 0.00000192. The monoisotopic (exact) mass is 356 g/mol. The molecular formula is C16H18ClFN2O2S. The van der Waals surface area contributed by atoms with Gasteiger partial charge in [-0.15, -0.1) is 12.4 Å². The first-order valence-electron chi connectivity index (χ1n) is 7.12. The Morgan fingerprint density at radius 3 is 2.52 bits per heavy atom. The van der Waals surface area contributed by atoms with Gasteiger partial charge in [0.05, 0.1) is 10.9 Å². The van der Waals surface area contributed by atoms with Crippen molar-refractivity contribution in [1.82, 2.24) is 9.62 Å². The van der Waals surface area contributed by atoms with E-state index >= 15 is 0 Å². The van der Waals surface area contributed by atoms with Crippen LogP contribution in [0.1, 0.15) is 11.6 Å². The molecule has 0 bridgehead atoms. The molecule has 0 saturated carbocycles. The number of nitrogens with zero attached hydrogens (tertiary/aromatic N) is 1. The minimum Gasteiger partial charge on any atom is -0.313 e. The summed E-state index contributed by atoms with van der Waals surface area (Å²) in [4.78, 5) is 0.262. The van der Waals surface area contributed by atoms with E-state index in [4.69, 9.17) is 0 Å².